The van der Waals surface area contributed by atoms with Crippen molar-refractivity contribution in [2.45, 2.75) is 19.3 Å². The lowest BCUT2D eigenvalue weighted by molar-refractivity contribution is 0.319. The Morgan fingerprint density at radius 3 is 2.38 bits per heavy atom. The minimum atomic E-state index is -0.394. The van der Waals surface area contributed by atoms with Crippen LogP contribution in [-0.4, -0.2) is 16.1 Å². The molecule has 24 heavy (non-hydrogen) atoms. The van der Waals surface area contributed by atoms with Gasteiger partial charge in [-0.3, -0.25) is 0 Å². The lowest BCUT2D eigenvalue weighted by atomic mass is 9.80. The Balaban J connectivity index is 2.03. The van der Waals surface area contributed by atoms with E-state index in [9.17, 15) is 5.21 Å². The third kappa shape index (κ3) is 2.88. The van der Waals surface area contributed by atoms with E-state index in [1.165, 1.54) is 0 Å². The molecule has 1 aromatic heterocycles. The van der Waals surface area contributed by atoms with Gasteiger partial charge in [0, 0.05) is 22.6 Å². The highest BCUT2D eigenvalue weighted by molar-refractivity contribution is 6.12. The third-order valence-electron chi connectivity index (χ3n) is 4.17. The van der Waals surface area contributed by atoms with Gasteiger partial charge >= 0.3 is 0 Å². The molecule has 0 unspecified atom stereocenters. The van der Waals surface area contributed by atoms with Gasteiger partial charge in [-0.25, -0.2) is 0 Å². The zero-order valence-electron chi connectivity index (χ0n) is 13.6. The van der Waals surface area contributed by atoms with Crippen LogP contribution in [0.25, 0.3) is 0 Å². The maximum absolute atomic E-state index is 9.49. The monoisotopic (exact) mass is 321 g/mol. The lowest BCUT2D eigenvalue weighted by Gasteiger charge is -2.23. The number of benzene rings is 2. The first-order chi connectivity index (χ1) is 11.5. The molecule has 3 rings (SSSR count). The molecule has 1 heterocycles. The number of hydrogen-bond donors (Lipinski definition) is 2. The summed E-state index contributed by atoms with van der Waals surface area (Å²) in [5.41, 5.74) is 9.22. The van der Waals surface area contributed by atoms with Gasteiger partial charge in [0.15, 0.2) is 0 Å². The molecule has 122 valence electrons. The summed E-state index contributed by atoms with van der Waals surface area (Å²) in [4.78, 5) is 0. The number of rotatable bonds is 4. The van der Waals surface area contributed by atoms with E-state index in [4.69, 9.17) is 10.3 Å². The van der Waals surface area contributed by atoms with Crippen LogP contribution in [0.5, 0.6) is 0 Å². The van der Waals surface area contributed by atoms with E-state index >= 15 is 0 Å². The lowest BCUT2D eigenvalue weighted by Crippen LogP contribution is -2.20. The van der Waals surface area contributed by atoms with Gasteiger partial charge in [-0.2, -0.15) is 0 Å². The topological polar surface area (TPSA) is 84.6 Å². The molecule has 0 fully saturated rings. The van der Waals surface area contributed by atoms with Crippen LogP contribution in [0.15, 0.2) is 70.3 Å². The van der Waals surface area contributed by atoms with E-state index < -0.39 is 5.41 Å². The van der Waals surface area contributed by atoms with Crippen molar-refractivity contribution in [3.05, 3.63) is 83.0 Å². The molecule has 0 aliphatic heterocycles. The number of nitrogens with two attached hydrogens (primary N) is 1. The van der Waals surface area contributed by atoms with E-state index in [-0.39, 0.29) is 5.88 Å². The molecule has 5 heteroatoms. The first-order valence-corrected chi connectivity index (χ1v) is 7.63. The molecule has 0 amide bonds. The zero-order chi connectivity index (χ0) is 17.2. The van der Waals surface area contributed by atoms with Gasteiger partial charge in [0.2, 0.25) is 5.88 Å². The Kier molecular flexibility index (Phi) is 4.08. The summed E-state index contributed by atoms with van der Waals surface area (Å²) in [6.07, 6.45) is 0. The van der Waals surface area contributed by atoms with Gasteiger partial charge in [0.1, 0.15) is 5.71 Å². The Morgan fingerprint density at radius 1 is 1.04 bits per heavy atom. The Labute approximate surface area is 140 Å². The second kappa shape index (κ2) is 6.20. The van der Waals surface area contributed by atoms with Gasteiger partial charge in [-0.05, 0) is 11.6 Å². The largest absolute Gasteiger partial charge is 0.410 e. The summed E-state index contributed by atoms with van der Waals surface area (Å²) in [7, 11) is 0. The van der Waals surface area contributed by atoms with E-state index in [0.29, 0.717) is 5.71 Å². The van der Waals surface area contributed by atoms with Gasteiger partial charge in [0.25, 0.3) is 0 Å². The average molecular weight is 321 g/mol. The molecule has 5 nitrogen and oxygen atoms in total. The van der Waals surface area contributed by atoms with E-state index in [0.717, 1.165) is 22.4 Å². The fourth-order valence-corrected chi connectivity index (χ4v) is 2.67. The van der Waals surface area contributed by atoms with Crippen molar-refractivity contribution in [1.82, 2.24) is 5.16 Å². The Bertz CT molecular complexity index is 867. The van der Waals surface area contributed by atoms with Gasteiger partial charge in [-0.15, -0.1) is 0 Å². The summed E-state index contributed by atoms with van der Waals surface area (Å²) >= 11 is 0. The summed E-state index contributed by atoms with van der Waals surface area (Å²) in [5.74, 6) is 0.288. The van der Waals surface area contributed by atoms with Gasteiger partial charge in [0.05, 0.1) is 5.69 Å². The van der Waals surface area contributed by atoms with Crippen LogP contribution in [0.3, 0.4) is 0 Å². The maximum Gasteiger partial charge on any atom is 0.222 e. The number of anilines is 1. The number of hydrogen-bond acceptors (Lipinski definition) is 5. The number of aromatic nitrogens is 1. The van der Waals surface area contributed by atoms with Crippen LogP contribution in [-0.2, 0) is 5.41 Å². The van der Waals surface area contributed by atoms with Crippen LogP contribution >= 0.6 is 0 Å². The highest BCUT2D eigenvalue weighted by Gasteiger charge is 2.27. The van der Waals surface area contributed by atoms with E-state index in [1.54, 1.807) is 6.07 Å². The molecule has 3 aromatic rings. The predicted octanol–water partition coefficient (Wildman–Crippen LogP) is 3.81. The number of nitrogen functional groups attached to an aromatic ring is 1. The molecule has 3 N–H and O–H groups in total. The van der Waals surface area contributed by atoms with Gasteiger partial charge < -0.3 is 15.5 Å². The predicted molar refractivity (Wildman–Crippen MR) is 93.4 cm³/mol. The second-order valence-corrected chi connectivity index (χ2v) is 6.13. The van der Waals surface area contributed by atoms with Crippen molar-refractivity contribution in [3.8, 4) is 0 Å². The molecular formula is C19H19N3O2. The summed E-state index contributed by atoms with van der Waals surface area (Å²) in [6.45, 7) is 4.09. The number of nitrogens with zero attached hydrogens (tertiary/aromatic N) is 2. The van der Waals surface area contributed by atoms with E-state index in [1.807, 2.05) is 68.4 Å². The average Bonchev–Trinajstić information content (AvgIpc) is 3.04. The fraction of sp³-hybridized carbons (Fsp3) is 0.158. The quantitative estimate of drug-likeness (QED) is 0.435. The summed E-state index contributed by atoms with van der Waals surface area (Å²) < 4.78 is 5.00. The van der Waals surface area contributed by atoms with Crippen molar-refractivity contribution in [3.63, 3.8) is 0 Å². The standard InChI is InChI=1S/C19H19N3O2/c1-19(2,16-12-17(20)24-22-16)15-10-6-9-14(11-15)18(21-23)13-7-4-3-5-8-13/h3-12,23H,20H2,1-2H3. The molecular weight excluding hydrogens is 302 g/mol. The molecule has 0 aliphatic carbocycles. The van der Waals surface area contributed by atoms with Crippen LogP contribution < -0.4 is 5.73 Å². The van der Waals surface area contributed by atoms with Crippen LogP contribution in [0.1, 0.15) is 36.2 Å². The molecule has 2 aromatic carbocycles. The van der Waals surface area contributed by atoms with Crippen molar-refractivity contribution in [2.75, 3.05) is 5.73 Å². The SMILES string of the molecule is CC(C)(c1cccc(C(=NO)c2ccccc2)c1)c1cc(N)on1. The van der Waals surface area contributed by atoms with Crippen LogP contribution in [0.2, 0.25) is 0 Å². The second-order valence-electron chi connectivity index (χ2n) is 6.13. The molecule has 0 radical (unpaired) electrons. The normalized spacial score (nSPS) is 12.3. The number of oxime groups is 1. The summed E-state index contributed by atoms with van der Waals surface area (Å²) in [5, 5.41) is 17.0. The zero-order valence-corrected chi connectivity index (χ0v) is 13.6. The Morgan fingerprint density at radius 2 is 1.75 bits per heavy atom. The fourth-order valence-electron chi connectivity index (χ4n) is 2.67. The van der Waals surface area contributed by atoms with Crippen molar-refractivity contribution in [1.29, 1.82) is 0 Å². The molecule has 0 saturated heterocycles. The highest BCUT2D eigenvalue weighted by Crippen LogP contribution is 2.32. The first kappa shape index (κ1) is 15.8. The van der Waals surface area contributed by atoms with Crippen LogP contribution in [0.4, 0.5) is 5.88 Å². The van der Waals surface area contributed by atoms with Gasteiger partial charge in [-0.1, -0.05) is 72.7 Å². The van der Waals surface area contributed by atoms with Crippen molar-refractivity contribution >= 4 is 11.6 Å². The molecule has 0 bridgehead atoms. The van der Waals surface area contributed by atoms with Crippen LogP contribution in [0, 0.1) is 0 Å². The highest BCUT2D eigenvalue weighted by atomic mass is 16.5. The Hall–Kier alpha value is -3.08. The first-order valence-electron chi connectivity index (χ1n) is 7.63. The molecule has 0 saturated carbocycles. The summed E-state index contributed by atoms with van der Waals surface area (Å²) in [6, 6.07) is 19.1. The maximum atomic E-state index is 9.49. The molecule has 0 aliphatic rings. The minimum Gasteiger partial charge on any atom is -0.410 e. The van der Waals surface area contributed by atoms with Crippen molar-refractivity contribution < 1.29 is 9.73 Å². The van der Waals surface area contributed by atoms with Crippen molar-refractivity contribution in [2.24, 2.45) is 5.16 Å². The third-order valence-corrected chi connectivity index (χ3v) is 4.17. The smallest absolute Gasteiger partial charge is 0.222 e. The molecule has 0 spiro atoms. The van der Waals surface area contributed by atoms with E-state index in [2.05, 4.69) is 10.3 Å². The minimum absolute atomic E-state index is 0.288. The molecule has 0 atom stereocenters.